The average Bonchev–Trinajstić information content (AvgIpc) is 3.30. The summed E-state index contributed by atoms with van der Waals surface area (Å²) >= 11 is 0. The lowest BCUT2D eigenvalue weighted by Gasteiger charge is -2.35. The van der Waals surface area contributed by atoms with Gasteiger partial charge in [0, 0.05) is 7.05 Å². The van der Waals surface area contributed by atoms with Gasteiger partial charge in [0.25, 0.3) is 0 Å². The highest BCUT2D eigenvalue weighted by Gasteiger charge is 2.42. The van der Waals surface area contributed by atoms with E-state index in [2.05, 4.69) is 25.8 Å². The van der Waals surface area contributed by atoms with Gasteiger partial charge in [-0.2, -0.15) is 0 Å². The highest BCUT2D eigenvalue weighted by atomic mass is 16.2. The standard InChI is InChI=1S/C17H21N7O/c1-23-14-8-4-3-7-13(14)20-15(23)11-18-16(25)17(9-5-2-6-10-17)24-12-19-21-22-24/h3-4,7-8,12H,2,5-6,9-11H2,1H3,(H,18,25). The van der Waals surface area contributed by atoms with E-state index < -0.39 is 5.54 Å². The maximum absolute atomic E-state index is 13.1. The van der Waals surface area contributed by atoms with Crippen LogP contribution in [0.15, 0.2) is 30.6 Å². The highest BCUT2D eigenvalue weighted by Crippen LogP contribution is 2.34. The maximum Gasteiger partial charge on any atom is 0.248 e. The molecule has 130 valence electrons. The number of imidazole rings is 1. The van der Waals surface area contributed by atoms with Crippen molar-refractivity contribution in [3.63, 3.8) is 0 Å². The van der Waals surface area contributed by atoms with Gasteiger partial charge in [0.2, 0.25) is 5.91 Å². The van der Waals surface area contributed by atoms with E-state index in [1.807, 2.05) is 35.9 Å². The zero-order chi connectivity index (χ0) is 17.3. The normalized spacial score (nSPS) is 16.8. The van der Waals surface area contributed by atoms with Crippen molar-refractivity contribution < 1.29 is 4.79 Å². The Hall–Kier alpha value is -2.77. The summed E-state index contributed by atoms with van der Waals surface area (Å²) in [5.74, 6) is 0.795. The number of hydrogen-bond acceptors (Lipinski definition) is 5. The first-order valence-electron chi connectivity index (χ1n) is 8.63. The lowest BCUT2D eigenvalue weighted by Crippen LogP contribution is -2.50. The van der Waals surface area contributed by atoms with Crippen LogP contribution in [0.4, 0.5) is 0 Å². The molecule has 8 heteroatoms. The molecule has 0 saturated heterocycles. The van der Waals surface area contributed by atoms with Crippen LogP contribution in [0.25, 0.3) is 11.0 Å². The Morgan fingerprint density at radius 2 is 2.04 bits per heavy atom. The van der Waals surface area contributed by atoms with E-state index >= 15 is 0 Å². The summed E-state index contributed by atoms with van der Waals surface area (Å²) in [7, 11) is 1.97. The number of nitrogens with zero attached hydrogens (tertiary/aromatic N) is 6. The third-order valence-electron chi connectivity index (χ3n) is 5.18. The monoisotopic (exact) mass is 339 g/mol. The Bertz CT molecular complexity index is 878. The van der Waals surface area contributed by atoms with Gasteiger partial charge in [-0.3, -0.25) is 4.79 Å². The molecule has 1 fully saturated rings. The first kappa shape index (κ1) is 15.7. The predicted molar refractivity (Wildman–Crippen MR) is 91.4 cm³/mol. The molecular formula is C17H21N7O. The van der Waals surface area contributed by atoms with Crippen molar-refractivity contribution in [1.82, 2.24) is 35.1 Å². The third kappa shape index (κ3) is 2.67. The molecule has 8 nitrogen and oxygen atoms in total. The van der Waals surface area contributed by atoms with Gasteiger partial charge in [0.15, 0.2) is 0 Å². The Kier molecular flexibility index (Phi) is 3.95. The van der Waals surface area contributed by atoms with Crippen molar-refractivity contribution in [2.75, 3.05) is 0 Å². The molecule has 3 aromatic rings. The molecule has 0 atom stereocenters. The molecule has 0 radical (unpaired) electrons. The fourth-order valence-corrected chi connectivity index (χ4v) is 3.73. The number of hydrogen-bond donors (Lipinski definition) is 1. The number of rotatable bonds is 4. The molecule has 0 spiro atoms. The van der Waals surface area contributed by atoms with Gasteiger partial charge in [0.1, 0.15) is 17.7 Å². The number of carbonyl (C=O) groups excluding carboxylic acids is 1. The van der Waals surface area contributed by atoms with Crippen LogP contribution in [0, 0.1) is 0 Å². The first-order valence-corrected chi connectivity index (χ1v) is 8.63. The lowest BCUT2D eigenvalue weighted by molar-refractivity contribution is -0.132. The Morgan fingerprint density at radius 1 is 1.24 bits per heavy atom. The van der Waals surface area contributed by atoms with Gasteiger partial charge in [-0.15, -0.1) is 5.10 Å². The van der Waals surface area contributed by atoms with Crippen LogP contribution in [0.1, 0.15) is 37.9 Å². The van der Waals surface area contributed by atoms with E-state index in [-0.39, 0.29) is 5.91 Å². The van der Waals surface area contributed by atoms with Gasteiger partial charge in [-0.05, 0) is 35.4 Å². The highest BCUT2D eigenvalue weighted by molar-refractivity contribution is 5.84. The van der Waals surface area contributed by atoms with Crippen LogP contribution in [-0.4, -0.2) is 35.7 Å². The zero-order valence-corrected chi connectivity index (χ0v) is 14.2. The first-order chi connectivity index (χ1) is 12.2. The molecule has 1 amide bonds. The van der Waals surface area contributed by atoms with Crippen LogP contribution in [0.3, 0.4) is 0 Å². The Labute approximate surface area is 145 Å². The van der Waals surface area contributed by atoms with Crippen molar-refractivity contribution in [3.05, 3.63) is 36.4 Å². The minimum atomic E-state index is -0.688. The van der Waals surface area contributed by atoms with E-state index in [1.165, 1.54) is 0 Å². The molecule has 1 aliphatic carbocycles. The predicted octanol–water partition coefficient (Wildman–Crippen LogP) is 1.54. The van der Waals surface area contributed by atoms with E-state index in [9.17, 15) is 4.79 Å². The van der Waals surface area contributed by atoms with Gasteiger partial charge < -0.3 is 9.88 Å². The molecule has 1 N–H and O–H groups in total. The Morgan fingerprint density at radius 3 is 2.76 bits per heavy atom. The summed E-state index contributed by atoms with van der Waals surface area (Å²) in [6, 6.07) is 7.95. The van der Waals surface area contributed by atoms with Gasteiger partial charge in [0.05, 0.1) is 17.6 Å². The summed E-state index contributed by atoms with van der Waals surface area (Å²) in [4.78, 5) is 17.7. The Balaban J connectivity index is 1.56. The summed E-state index contributed by atoms with van der Waals surface area (Å²) in [6.07, 6.45) is 6.19. The largest absolute Gasteiger partial charge is 0.347 e. The molecule has 25 heavy (non-hydrogen) atoms. The SMILES string of the molecule is Cn1c(CNC(=O)C2(n3cnnn3)CCCCC2)nc2ccccc21. The van der Waals surface area contributed by atoms with Crippen molar-refractivity contribution in [3.8, 4) is 0 Å². The second-order valence-corrected chi connectivity index (χ2v) is 6.61. The molecule has 4 rings (SSSR count). The summed E-state index contributed by atoms with van der Waals surface area (Å²) in [5.41, 5.74) is 1.30. The number of fused-ring (bicyclic) bond motifs is 1. The van der Waals surface area contributed by atoms with Crippen LogP contribution in [0.5, 0.6) is 0 Å². The van der Waals surface area contributed by atoms with Gasteiger partial charge in [-0.1, -0.05) is 31.4 Å². The van der Waals surface area contributed by atoms with E-state index in [1.54, 1.807) is 11.0 Å². The minimum absolute atomic E-state index is 0.0356. The van der Waals surface area contributed by atoms with Gasteiger partial charge in [-0.25, -0.2) is 9.67 Å². The van der Waals surface area contributed by atoms with Gasteiger partial charge >= 0.3 is 0 Å². The number of nitrogens with one attached hydrogen (secondary N) is 1. The fourth-order valence-electron chi connectivity index (χ4n) is 3.73. The number of tetrazole rings is 1. The smallest absolute Gasteiger partial charge is 0.248 e. The maximum atomic E-state index is 13.1. The number of amides is 1. The van der Waals surface area contributed by atoms with Crippen LogP contribution < -0.4 is 5.32 Å². The summed E-state index contributed by atoms with van der Waals surface area (Å²) in [5, 5.41) is 14.5. The molecule has 2 aromatic heterocycles. The van der Waals surface area contributed by atoms with Crippen molar-refractivity contribution in [1.29, 1.82) is 0 Å². The molecule has 1 aliphatic rings. The number of benzene rings is 1. The third-order valence-corrected chi connectivity index (χ3v) is 5.18. The molecule has 0 unspecified atom stereocenters. The molecule has 1 aromatic carbocycles. The fraction of sp³-hybridized carbons (Fsp3) is 0.471. The number of para-hydroxylation sites is 2. The summed E-state index contributed by atoms with van der Waals surface area (Å²) < 4.78 is 3.64. The quantitative estimate of drug-likeness (QED) is 0.778. The second-order valence-electron chi connectivity index (χ2n) is 6.61. The molecule has 0 aliphatic heterocycles. The minimum Gasteiger partial charge on any atom is -0.347 e. The molecular weight excluding hydrogens is 318 g/mol. The van der Waals surface area contributed by atoms with Crippen molar-refractivity contribution >= 4 is 16.9 Å². The molecule has 2 heterocycles. The van der Waals surface area contributed by atoms with Crippen LogP contribution in [0.2, 0.25) is 0 Å². The van der Waals surface area contributed by atoms with Crippen molar-refractivity contribution in [2.45, 2.75) is 44.2 Å². The van der Waals surface area contributed by atoms with E-state index in [0.717, 1.165) is 49.0 Å². The van der Waals surface area contributed by atoms with E-state index in [4.69, 9.17) is 0 Å². The average molecular weight is 339 g/mol. The van der Waals surface area contributed by atoms with Crippen molar-refractivity contribution in [2.24, 2.45) is 7.05 Å². The number of aryl methyl sites for hydroxylation is 1. The van der Waals surface area contributed by atoms with E-state index in [0.29, 0.717) is 6.54 Å². The van der Waals surface area contributed by atoms with Crippen LogP contribution in [-0.2, 0) is 23.9 Å². The van der Waals surface area contributed by atoms with Crippen LogP contribution >= 0.6 is 0 Å². The molecule has 1 saturated carbocycles. The summed E-state index contributed by atoms with van der Waals surface area (Å²) in [6.45, 7) is 0.383. The zero-order valence-electron chi connectivity index (χ0n) is 14.2. The second kappa shape index (κ2) is 6.27. The number of carbonyl (C=O) groups is 1. The topological polar surface area (TPSA) is 90.5 Å². The molecule has 0 bridgehead atoms. The number of aromatic nitrogens is 6. The lowest BCUT2D eigenvalue weighted by atomic mass is 9.81.